The second-order valence-corrected chi connectivity index (χ2v) is 4.00. The van der Waals surface area contributed by atoms with Crippen LogP contribution in [-0.4, -0.2) is 62.3 Å². The standard InChI is InChI=1S/C11H24N2O/c1-4-11(14-3)10-13-8-6-12(5-2)7-9-13/h11H,4-10H2,1-3H3. The van der Waals surface area contributed by atoms with E-state index in [4.69, 9.17) is 4.74 Å². The molecule has 1 heterocycles. The summed E-state index contributed by atoms with van der Waals surface area (Å²) in [7, 11) is 1.82. The fraction of sp³-hybridized carbons (Fsp3) is 1.00. The normalized spacial score (nSPS) is 22.5. The molecule has 1 aliphatic rings. The van der Waals surface area contributed by atoms with Crippen LogP contribution in [0.2, 0.25) is 0 Å². The van der Waals surface area contributed by atoms with E-state index in [1.54, 1.807) is 0 Å². The van der Waals surface area contributed by atoms with Crippen molar-refractivity contribution in [3.05, 3.63) is 0 Å². The molecule has 0 N–H and O–H groups in total. The van der Waals surface area contributed by atoms with Gasteiger partial charge in [-0.15, -0.1) is 0 Å². The summed E-state index contributed by atoms with van der Waals surface area (Å²) in [5, 5.41) is 0. The number of likely N-dealkylation sites (N-methyl/N-ethyl adjacent to an activating group) is 1. The van der Waals surface area contributed by atoms with E-state index in [0.717, 1.165) is 13.0 Å². The first-order valence-electron chi connectivity index (χ1n) is 5.77. The zero-order valence-corrected chi connectivity index (χ0v) is 9.83. The molecule has 0 amide bonds. The van der Waals surface area contributed by atoms with Crippen molar-refractivity contribution in [2.75, 3.05) is 46.4 Å². The first kappa shape index (κ1) is 12.0. The molecule has 84 valence electrons. The molecule has 0 aromatic rings. The molecule has 3 heteroatoms. The summed E-state index contributed by atoms with van der Waals surface area (Å²) in [6.07, 6.45) is 1.54. The largest absolute Gasteiger partial charge is 0.380 e. The average Bonchev–Trinajstić information content (AvgIpc) is 2.26. The molecule has 0 spiro atoms. The predicted molar refractivity (Wildman–Crippen MR) is 59.6 cm³/mol. The summed E-state index contributed by atoms with van der Waals surface area (Å²) in [5.74, 6) is 0. The number of methoxy groups -OCH3 is 1. The van der Waals surface area contributed by atoms with Gasteiger partial charge >= 0.3 is 0 Å². The van der Waals surface area contributed by atoms with Crippen LogP contribution in [0.3, 0.4) is 0 Å². The van der Waals surface area contributed by atoms with Gasteiger partial charge in [0.1, 0.15) is 0 Å². The minimum absolute atomic E-state index is 0.420. The third kappa shape index (κ3) is 3.56. The van der Waals surface area contributed by atoms with E-state index in [-0.39, 0.29) is 0 Å². The van der Waals surface area contributed by atoms with Gasteiger partial charge in [-0.25, -0.2) is 0 Å². The first-order valence-corrected chi connectivity index (χ1v) is 5.77. The molecule has 0 saturated carbocycles. The summed E-state index contributed by atoms with van der Waals surface area (Å²) in [6, 6.07) is 0. The van der Waals surface area contributed by atoms with Crippen molar-refractivity contribution >= 4 is 0 Å². The molecular formula is C11H24N2O. The van der Waals surface area contributed by atoms with Gasteiger partial charge in [0.05, 0.1) is 6.10 Å². The van der Waals surface area contributed by atoms with Crippen LogP contribution < -0.4 is 0 Å². The Morgan fingerprint density at radius 3 is 2.07 bits per heavy atom. The molecule has 0 bridgehead atoms. The molecule has 0 aromatic carbocycles. The topological polar surface area (TPSA) is 15.7 Å². The molecular weight excluding hydrogens is 176 g/mol. The summed E-state index contributed by atoms with van der Waals surface area (Å²) < 4.78 is 5.40. The molecule has 0 aliphatic carbocycles. The van der Waals surface area contributed by atoms with Gasteiger partial charge in [-0.3, -0.25) is 4.90 Å². The quantitative estimate of drug-likeness (QED) is 0.660. The van der Waals surface area contributed by atoms with Gasteiger partial charge in [0.2, 0.25) is 0 Å². The highest BCUT2D eigenvalue weighted by Crippen LogP contribution is 2.05. The number of rotatable bonds is 5. The lowest BCUT2D eigenvalue weighted by Crippen LogP contribution is -2.48. The van der Waals surface area contributed by atoms with Crippen LogP contribution >= 0.6 is 0 Å². The minimum atomic E-state index is 0.420. The van der Waals surface area contributed by atoms with Crippen LogP contribution in [0.5, 0.6) is 0 Å². The van der Waals surface area contributed by atoms with Gasteiger partial charge in [-0.05, 0) is 13.0 Å². The molecule has 1 unspecified atom stereocenters. The zero-order chi connectivity index (χ0) is 10.4. The smallest absolute Gasteiger partial charge is 0.0695 e. The Bertz CT molecular complexity index is 140. The Balaban J connectivity index is 2.21. The maximum absolute atomic E-state index is 5.40. The predicted octanol–water partition coefficient (Wildman–Crippen LogP) is 1.05. The lowest BCUT2D eigenvalue weighted by atomic mass is 10.2. The van der Waals surface area contributed by atoms with Gasteiger partial charge in [0, 0.05) is 39.8 Å². The van der Waals surface area contributed by atoms with Crippen LogP contribution in [-0.2, 0) is 4.74 Å². The molecule has 14 heavy (non-hydrogen) atoms. The van der Waals surface area contributed by atoms with E-state index in [0.29, 0.717) is 6.10 Å². The average molecular weight is 200 g/mol. The number of hydrogen-bond donors (Lipinski definition) is 0. The van der Waals surface area contributed by atoms with E-state index in [2.05, 4.69) is 23.6 Å². The summed E-state index contributed by atoms with van der Waals surface area (Å²) in [6.45, 7) is 11.6. The van der Waals surface area contributed by atoms with Crippen LogP contribution in [0.25, 0.3) is 0 Å². The van der Waals surface area contributed by atoms with E-state index >= 15 is 0 Å². The van der Waals surface area contributed by atoms with Crippen molar-refractivity contribution in [3.63, 3.8) is 0 Å². The third-order valence-corrected chi connectivity index (χ3v) is 3.16. The Morgan fingerprint density at radius 1 is 1.07 bits per heavy atom. The molecule has 0 radical (unpaired) electrons. The van der Waals surface area contributed by atoms with E-state index < -0.39 is 0 Å². The highest BCUT2D eigenvalue weighted by Gasteiger charge is 2.17. The molecule has 1 fully saturated rings. The van der Waals surface area contributed by atoms with Gasteiger partial charge in [-0.1, -0.05) is 13.8 Å². The molecule has 0 aromatic heterocycles. The minimum Gasteiger partial charge on any atom is -0.380 e. The SMILES string of the molecule is CCC(CN1CCN(CC)CC1)OC. The number of piperazine rings is 1. The van der Waals surface area contributed by atoms with E-state index in [9.17, 15) is 0 Å². The summed E-state index contributed by atoms with van der Waals surface area (Å²) in [4.78, 5) is 5.02. The van der Waals surface area contributed by atoms with Crippen LogP contribution in [0, 0.1) is 0 Å². The van der Waals surface area contributed by atoms with Crippen molar-refractivity contribution in [2.45, 2.75) is 26.4 Å². The van der Waals surface area contributed by atoms with E-state index in [1.807, 2.05) is 7.11 Å². The number of ether oxygens (including phenoxy) is 1. The number of hydrogen-bond acceptors (Lipinski definition) is 3. The van der Waals surface area contributed by atoms with Gasteiger partial charge in [0.15, 0.2) is 0 Å². The Labute approximate surface area is 88.0 Å². The van der Waals surface area contributed by atoms with Gasteiger partial charge in [-0.2, -0.15) is 0 Å². The van der Waals surface area contributed by atoms with Crippen molar-refractivity contribution in [2.24, 2.45) is 0 Å². The van der Waals surface area contributed by atoms with E-state index in [1.165, 1.54) is 32.7 Å². The van der Waals surface area contributed by atoms with Gasteiger partial charge in [0.25, 0.3) is 0 Å². The lowest BCUT2D eigenvalue weighted by Gasteiger charge is -2.35. The molecule has 1 rings (SSSR count). The lowest BCUT2D eigenvalue weighted by molar-refractivity contribution is 0.0417. The molecule has 1 atom stereocenters. The van der Waals surface area contributed by atoms with Crippen LogP contribution in [0.1, 0.15) is 20.3 Å². The highest BCUT2D eigenvalue weighted by atomic mass is 16.5. The Kier molecular flexibility index (Phi) is 5.45. The summed E-state index contributed by atoms with van der Waals surface area (Å²) >= 11 is 0. The Morgan fingerprint density at radius 2 is 1.64 bits per heavy atom. The number of nitrogens with zero attached hydrogens (tertiary/aromatic N) is 2. The molecule has 1 aliphatic heterocycles. The van der Waals surface area contributed by atoms with Crippen LogP contribution in [0.15, 0.2) is 0 Å². The maximum atomic E-state index is 5.40. The fourth-order valence-electron chi connectivity index (χ4n) is 1.95. The second-order valence-electron chi connectivity index (χ2n) is 4.00. The van der Waals surface area contributed by atoms with Crippen LogP contribution in [0.4, 0.5) is 0 Å². The zero-order valence-electron chi connectivity index (χ0n) is 9.83. The second kappa shape index (κ2) is 6.38. The fourth-order valence-corrected chi connectivity index (χ4v) is 1.95. The molecule has 1 saturated heterocycles. The summed E-state index contributed by atoms with van der Waals surface area (Å²) in [5.41, 5.74) is 0. The Hall–Kier alpha value is -0.120. The monoisotopic (exact) mass is 200 g/mol. The van der Waals surface area contributed by atoms with Crippen molar-refractivity contribution in [1.82, 2.24) is 9.80 Å². The van der Waals surface area contributed by atoms with Crippen molar-refractivity contribution in [1.29, 1.82) is 0 Å². The first-order chi connectivity index (χ1) is 6.80. The van der Waals surface area contributed by atoms with Gasteiger partial charge < -0.3 is 9.64 Å². The highest BCUT2D eigenvalue weighted by molar-refractivity contribution is 4.73. The maximum Gasteiger partial charge on any atom is 0.0695 e. The van der Waals surface area contributed by atoms with Crippen molar-refractivity contribution < 1.29 is 4.74 Å². The third-order valence-electron chi connectivity index (χ3n) is 3.16. The molecule has 3 nitrogen and oxygen atoms in total. The van der Waals surface area contributed by atoms with Crippen molar-refractivity contribution in [3.8, 4) is 0 Å².